The molecule has 2 rings (SSSR count). The monoisotopic (exact) mass is 255 g/mol. The van der Waals surface area contributed by atoms with Gasteiger partial charge in [-0.1, -0.05) is 6.92 Å². The van der Waals surface area contributed by atoms with Gasteiger partial charge in [-0.3, -0.25) is 0 Å². The molecule has 2 unspecified atom stereocenters. The zero-order chi connectivity index (χ0) is 12.4. The molecule has 17 heavy (non-hydrogen) atoms. The van der Waals surface area contributed by atoms with Gasteiger partial charge in [0.2, 0.25) is 0 Å². The van der Waals surface area contributed by atoms with E-state index in [0.29, 0.717) is 10.9 Å². The molecule has 1 aliphatic heterocycles. The molecule has 1 N–H and O–H groups in total. The van der Waals surface area contributed by atoms with Gasteiger partial charge in [-0.25, -0.2) is 4.79 Å². The first-order valence-electron chi connectivity index (χ1n) is 5.82. The van der Waals surface area contributed by atoms with Crippen molar-refractivity contribution in [2.75, 3.05) is 18.1 Å². The molecule has 0 spiro atoms. The number of hydrogen-bond donors (Lipinski definition) is 1. The Bertz CT molecular complexity index is 404. The minimum atomic E-state index is -0.851. The maximum absolute atomic E-state index is 10.9. The zero-order valence-corrected chi connectivity index (χ0v) is 10.9. The molecule has 0 saturated carbocycles. The number of carbonyl (C=O) groups is 1. The SMILES string of the molecule is CCC1COC(C)CN1c1csc(C(=O)O)c1. The molecule has 0 radical (unpaired) electrons. The Kier molecular flexibility index (Phi) is 3.69. The van der Waals surface area contributed by atoms with Crippen molar-refractivity contribution in [3.63, 3.8) is 0 Å². The highest BCUT2D eigenvalue weighted by atomic mass is 32.1. The van der Waals surface area contributed by atoms with Gasteiger partial charge < -0.3 is 14.7 Å². The number of aromatic carboxylic acids is 1. The largest absolute Gasteiger partial charge is 0.477 e. The fourth-order valence-electron chi connectivity index (χ4n) is 2.09. The van der Waals surface area contributed by atoms with Crippen LogP contribution >= 0.6 is 11.3 Å². The standard InChI is InChI=1S/C12H17NO3S/c1-3-9-6-16-8(2)5-13(9)10-4-11(12(14)15)17-7-10/h4,7-9H,3,5-6H2,1-2H3,(H,14,15). The van der Waals surface area contributed by atoms with Crippen LogP contribution in [0.5, 0.6) is 0 Å². The van der Waals surface area contributed by atoms with E-state index >= 15 is 0 Å². The Hall–Kier alpha value is -1.07. The van der Waals surface area contributed by atoms with E-state index in [0.717, 1.165) is 25.3 Å². The summed E-state index contributed by atoms with van der Waals surface area (Å²) in [6.07, 6.45) is 1.20. The van der Waals surface area contributed by atoms with E-state index in [4.69, 9.17) is 9.84 Å². The molecule has 2 atom stereocenters. The van der Waals surface area contributed by atoms with E-state index in [1.54, 1.807) is 6.07 Å². The van der Waals surface area contributed by atoms with Gasteiger partial charge in [0.1, 0.15) is 4.88 Å². The number of rotatable bonds is 3. The van der Waals surface area contributed by atoms with Crippen LogP contribution in [0.4, 0.5) is 5.69 Å². The minimum Gasteiger partial charge on any atom is -0.477 e. The molecule has 94 valence electrons. The number of morpholine rings is 1. The molecule has 1 aliphatic rings. The summed E-state index contributed by atoms with van der Waals surface area (Å²) >= 11 is 1.28. The number of ether oxygens (including phenoxy) is 1. The van der Waals surface area contributed by atoms with Gasteiger partial charge in [0.25, 0.3) is 0 Å². The molecule has 0 aliphatic carbocycles. The molecular weight excluding hydrogens is 238 g/mol. The van der Waals surface area contributed by atoms with Crippen molar-refractivity contribution in [3.8, 4) is 0 Å². The third-order valence-corrected chi connectivity index (χ3v) is 3.97. The van der Waals surface area contributed by atoms with E-state index < -0.39 is 5.97 Å². The van der Waals surface area contributed by atoms with Gasteiger partial charge in [0, 0.05) is 17.6 Å². The van der Waals surface area contributed by atoms with Crippen LogP contribution in [0.2, 0.25) is 0 Å². The molecule has 0 amide bonds. The quantitative estimate of drug-likeness (QED) is 0.901. The lowest BCUT2D eigenvalue weighted by Crippen LogP contribution is -2.48. The molecule has 0 aromatic carbocycles. The third kappa shape index (κ3) is 2.61. The average molecular weight is 255 g/mol. The number of carboxylic acid groups (broad SMARTS) is 1. The van der Waals surface area contributed by atoms with Crippen LogP contribution in [0, 0.1) is 0 Å². The van der Waals surface area contributed by atoms with Crippen LogP contribution in [0.15, 0.2) is 11.4 Å². The average Bonchev–Trinajstić information content (AvgIpc) is 2.78. The van der Waals surface area contributed by atoms with Gasteiger partial charge in [-0.15, -0.1) is 11.3 Å². The molecule has 4 nitrogen and oxygen atoms in total. The molecule has 1 fully saturated rings. The van der Waals surface area contributed by atoms with Crippen molar-refractivity contribution in [3.05, 3.63) is 16.3 Å². The van der Waals surface area contributed by atoms with Crippen molar-refractivity contribution in [2.24, 2.45) is 0 Å². The van der Waals surface area contributed by atoms with Gasteiger partial charge in [-0.2, -0.15) is 0 Å². The highest BCUT2D eigenvalue weighted by Gasteiger charge is 2.26. The van der Waals surface area contributed by atoms with Crippen LogP contribution < -0.4 is 4.90 Å². The number of anilines is 1. The summed E-state index contributed by atoms with van der Waals surface area (Å²) in [5.41, 5.74) is 1.01. The van der Waals surface area contributed by atoms with Crippen LogP contribution in [-0.2, 0) is 4.74 Å². The molecule has 1 saturated heterocycles. The van der Waals surface area contributed by atoms with Crippen molar-refractivity contribution in [1.82, 2.24) is 0 Å². The predicted octanol–water partition coefficient (Wildman–Crippen LogP) is 2.45. The number of nitrogens with zero attached hydrogens (tertiary/aromatic N) is 1. The van der Waals surface area contributed by atoms with Gasteiger partial charge >= 0.3 is 5.97 Å². The Morgan fingerprint density at radius 2 is 2.47 bits per heavy atom. The van der Waals surface area contributed by atoms with E-state index in [1.807, 2.05) is 12.3 Å². The highest BCUT2D eigenvalue weighted by Crippen LogP contribution is 2.28. The Labute approximate surface area is 105 Å². The smallest absolute Gasteiger partial charge is 0.345 e. The topological polar surface area (TPSA) is 49.8 Å². The zero-order valence-electron chi connectivity index (χ0n) is 10.0. The fraction of sp³-hybridized carbons (Fsp3) is 0.583. The first kappa shape index (κ1) is 12.4. The normalized spacial score (nSPS) is 24.9. The summed E-state index contributed by atoms with van der Waals surface area (Å²) in [6, 6.07) is 2.11. The predicted molar refractivity (Wildman–Crippen MR) is 68.1 cm³/mol. The molecule has 0 bridgehead atoms. The first-order chi connectivity index (χ1) is 8.11. The summed E-state index contributed by atoms with van der Waals surface area (Å²) in [5, 5.41) is 10.9. The lowest BCUT2D eigenvalue weighted by Gasteiger charge is -2.39. The first-order valence-corrected chi connectivity index (χ1v) is 6.69. The molecule has 1 aromatic heterocycles. The highest BCUT2D eigenvalue weighted by molar-refractivity contribution is 7.12. The summed E-state index contributed by atoms with van der Waals surface area (Å²) in [7, 11) is 0. The van der Waals surface area contributed by atoms with E-state index in [-0.39, 0.29) is 6.10 Å². The second-order valence-corrected chi connectivity index (χ2v) is 5.24. The van der Waals surface area contributed by atoms with Gasteiger partial charge in [0.15, 0.2) is 0 Å². The number of carboxylic acids is 1. The van der Waals surface area contributed by atoms with Crippen LogP contribution in [0.25, 0.3) is 0 Å². The summed E-state index contributed by atoms with van der Waals surface area (Å²) in [5.74, 6) is -0.851. The van der Waals surface area contributed by atoms with Crippen molar-refractivity contribution in [2.45, 2.75) is 32.4 Å². The van der Waals surface area contributed by atoms with E-state index in [9.17, 15) is 4.79 Å². The Morgan fingerprint density at radius 1 is 1.71 bits per heavy atom. The summed E-state index contributed by atoms with van der Waals surface area (Å²) in [4.78, 5) is 13.5. The molecule has 2 heterocycles. The summed E-state index contributed by atoms with van der Waals surface area (Å²) in [6.45, 7) is 5.72. The van der Waals surface area contributed by atoms with Gasteiger partial charge in [0.05, 0.1) is 18.8 Å². The second-order valence-electron chi connectivity index (χ2n) is 4.33. The van der Waals surface area contributed by atoms with Crippen molar-refractivity contribution in [1.29, 1.82) is 0 Å². The lowest BCUT2D eigenvalue weighted by molar-refractivity contribution is 0.0300. The van der Waals surface area contributed by atoms with Crippen LogP contribution in [0.1, 0.15) is 29.9 Å². The van der Waals surface area contributed by atoms with Crippen molar-refractivity contribution >= 4 is 23.0 Å². The molecule has 1 aromatic rings. The lowest BCUT2D eigenvalue weighted by atomic mass is 10.1. The molecule has 5 heteroatoms. The maximum atomic E-state index is 10.9. The Morgan fingerprint density at radius 3 is 3.06 bits per heavy atom. The van der Waals surface area contributed by atoms with Crippen LogP contribution in [-0.4, -0.2) is 36.4 Å². The maximum Gasteiger partial charge on any atom is 0.345 e. The van der Waals surface area contributed by atoms with Gasteiger partial charge in [-0.05, 0) is 19.4 Å². The summed E-state index contributed by atoms with van der Waals surface area (Å²) < 4.78 is 5.63. The van der Waals surface area contributed by atoms with Crippen LogP contribution in [0.3, 0.4) is 0 Å². The van der Waals surface area contributed by atoms with Crippen molar-refractivity contribution < 1.29 is 14.6 Å². The fourth-order valence-corrected chi connectivity index (χ4v) is 2.83. The Balaban J connectivity index is 2.19. The van der Waals surface area contributed by atoms with E-state index in [1.165, 1.54) is 11.3 Å². The third-order valence-electron chi connectivity index (χ3n) is 3.07. The van der Waals surface area contributed by atoms with E-state index in [2.05, 4.69) is 11.8 Å². The number of thiophene rings is 1. The number of hydrogen-bond acceptors (Lipinski definition) is 4. The minimum absolute atomic E-state index is 0.200. The second kappa shape index (κ2) is 5.06. The molecular formula is C12H17NO3S.